The number of carbonyl (C=O) groups is 2. The molecule has 0 saturated carbocycles. The van der Waals surface area contributed by atoms with Gasteiger partial charge >= 0.3 is 5.97 Å². The quantitative estimate of drug-likeness (QED) is 0.447. The number of carboxylic acid groups (broad SMARTS) is 1. The van der Waals surface area contributed by atoms with Crippen molar-refractivity contribution in [3.63, 3.8) is 0 Å². The van der Waals surface area contributed by atoms with Crippen LogP contribution in [0.5, 0.6) is 0 Å². The van der Waals surface area contributed by atoms with Gasteiger partial charge in [-0.3, -0.25) is 4.79 Å². The lowest BCUT2D eigenvalue weighted by Gasteiger charge is -2.17. The Kier molecular flexibility index (Phi) is 9.76. The molecule has 1 aromatic rings. The van der Waals surface area contributed by atoms with E-state index in [9.17, 15) is 14.7 Å². The Balaban J connectivity index is 1.58. The molecule has 7 nitrogen and oxygen atoms in total. The number of nitrogens with one attached hydrogen (secondary N) is 2. The van der Waals surface area contributed by atoms with Crippen LogP contribution < -0.4 is 10.6 Å². The molecule has 3 N–H and O–H groups in total. The maximum atomic E-state index is 11.7. The van der Waals surface area contributed by atoms with E-state index in [4.69, 9.17) is 4.74 Å². The Labute approximate surface area is 167 Å². The molecule has 0 fully saturated rings. The molecule has 1 aromatic heterocycles. The molecular weight excluding hydrogens is 358 g/mol. The first-order valence-corrected chi connectivity index (χ1v) is 10.4. The van der Waals surface area contributed by atoms with Crippen molar-refractivity contribution in [1.29, 1.82) is 0 Å². The number of aliphatic carboxylic acids is 1. The third-order valence-electron chi connectivity index (χ3n) is 4.86. The van der Waals surface area contributed by atoms with Gasteiger partial charge in [-0.1, -0.05) is 19.4 Å². The molecule has 0 bridgehead atoms. The zero-order valence-electron chi connectivity index (χ0n) is 16.8. The number of fused-ring (bicyclic) bond motifs is 1. The maximum Gasteiger partial charge on any atom is 0.326 e. The zero-order valence-corrected chi connectivity index (χ0v) is 16.8. The van der Waals surface area contributed by atoms with Gasteiger partial charge in [-0.2, -0.15) is 0 Å². The van der Waals surface area contributed by atoms with Gasteiger partial charge in [0.15, 0.2) is 0 Å². The van der Waals surface area contributed by atoms with Crippen LogP contribution in [-0.4, -0.2) is 47.8 Å². The molecule has 0 saturated heterocycles. The van der Waals surface area contributed by atoms with Crippen molar-refractivity contribution in [2.75, 3.05) is 25.1 Å². The molecule has 0 radical (unpaired) electrons. The predicted molar refractivity (Wildman–Crippen MR) is 109 cm³/mol. The summed E-state index contributed by atoms with van der Waals surface area (Å²) in [5.41, 5.74) is 2.39. The molecule has 7 heteroatoms. The fourth-order valence-electron chi connectivity index (χ4n) is 3.18. The summed E-state index contributed by atoms with van der Waals surface area (Å²) >= 11 is 0. The van der Waals surface area contributed by atoms with Crippen LogP contribution >= 0.6 is 0 Å². The largest absolute Gasteiger partial charge is 0.480 e. The number of ether oxygens (including phenoxy) is 1. The Morgan fingerprint density at radius 3 is 2.93 bits per heavy atom. The highest BCUT2D eigenvalue weighted by molar-refractivity contribution is 5.83. The molecule has 2 heterocycles. The molecule has 28 heavy (non-hydrogen) atoms. The maximum absolute atomic E-state index is 11.7. The predicted octanol–water partition coefficient (Wildman–Crippen LogP) is 2.93. The summed E-state index contributed by atoms with van der Waals surface area (Å²) in [6.07, 6.45) is 7.36. The summed E-state index contributed by atoms with van der Waals surface area (Å²) in [4.78, 5) is 27.6. The number of amides is 1. The number of nitrogens with zero attached hydrogens (tertiary/aromatic N) is 1. The van der Waals surface area contributed by atoms with Crippen LogP contribution in [0.2, 0.25) is 0 Å². The third-order valence-corrected chi connectivity index (χ3v) is 4.86. The Morgan fingerprint density at radius 2 is 2.14 bits per heavy atom. The van der Waals surface area contributed by atoms with Crippen LogP contribution in [0.4, 0.5) is 5.82 Å². The van der Waals surface area contributed by atoms with Crippen LogP contribution in [0.25, 0.3) is 0 Å². The standard InChI is InChI=1S/C21H33N3O4/c1-2-3-9-19(25)24-18(21(26)27)12-15-28-14-5-4-8-17-11-10-16-7-6-13-22-20(16)23-17/h10-11,18H,2-9,12-15H2,1H3,(H,22,23)(H,24,25)(H,26,27). The number of aromatic nitrogens is 1. The number of anilines is 1. The van der Waals surface area contributed by atoms with Crippen LogP contribution in [0.15, 0.2) is 12.1 Å². The van der Waals surface area contributed by atoms with Crippen LogP contribution in [-0.2, 0) is 27.2 Å². The second-order valence-corrected chi connectivity index (χ2v) is 7.26. The molecular formula is C21H33N3O4. The normalized spacial score (nSPS) is 14.0. The van der Waals surface area contributed by atoms with Crippen molar-refractivity contribution in [3.05, 3.63) is 23.4 Å². The first kappa shape index (κ1) is 22.1. The Hall–Kier alpha value is -2.15. The monoisotopic (exact) mass is 391 g/mol. The number of aryl methyl sites for hydroxylation is 2. The van der Waals surface area contributed by atoms with Gasteiger partial charge in [0.25, 0.3) is 0 Å². The first-order chi connectivity index (χ1) is 13.6. The molecule has 156 valence electrons. The molecule has 2 rings (SSSR count). The van der Waals surface area contributed by atoms with E-state index in [0.717, 1.165) is 63.0 Å². The highest BCUT2D eigenvalue weighted by Crippen LogP contribution is 2.20. The van der Waals surface area contributed by atoms with Crippen LogP contribution in [0, 0.1) is 0 Å². The van der Waals surface area contributed by atoms with E-state index in [0.29, 0.717) is 19.6 Å². The van der Waals surface area contributed by atoms with E-state index in [1.165, 1.54) is 5.56 Å². The van der Waals surface area contributed by atoms with Gasteiger partial charge in [-0.15, -0.1) is 0 Å². The number of hydrogen-bond donors (Lipinski definition) is 3. The molecule has 0 spiro atoms. The average molecular weight is 392 g/mol. The Morgan fingerprint density at radius 1 is 1.29 bits per heavy atom. The second kappa shape index (κ2) is 12.3. The number of carboxylic acids is 1. The van der Waals surface area contributed by atoms with E-state index in [1.807, 2.05) is 6.92 Å². The molecule has 1 unspecified atom stereocenters. The van der Waals surface area contributed by atoms with Gasteiger partial charge < -0.3 is 20.5 Å². The minimum Gasteiger partial charge on any atom is -0.480 e. The topological polar surface area (TPSA) is 101 Å². The van der Waals surface area contributed by atoms with Crippen molar-refractivity contribution in [1.82, 2.24) is 10.3 Å². The SMILES string of the molecule is CCCCC(=O)NC(CCOCCCCc1ccc2c(n1)NCCC2)C(=O)O. The highest BCUT2D eigenvalue weighted by Gasteiger charge is 2.19. The Bertz CT molecular complexity index is 636. The van der Waals surface area contributed by atoms with Gasteiger partial charge in [-0.25, -0.2) is 9.78 Å². The smallest absolute Gasteiger partial charge is 0.326 e. The molecule has 0 aromatic carbocycles. The highest BCUT2D eigenvalue weighted by atomic mass is 16.5. The number of unbranched alkanes of at least 4 members (excludes halogenated alkanes) is 2. The summed E-state index contributed by atoms with van der Waals surface area (Å²) in [5.74, 6) is -0.192. The fraction of sp³-hybridized carbons (Fsp3) is 0.667. The van der Waals surface area contributed by atoms with Crippen LogP contribution in [0.3, 0.4) is 0 Å². The number of hydrogen-bond acceptors (Lipinski definition) is 5. The molecule has 0 aliphatic carbocycles. The van der Waals surface area contributed by atoms with Crippen molar-refractivity contribution < 1.29 is 19.4 Å². The molecule has 1 atom stereocenters. The number of rotatable bonds is 13. The number of pyridine rings is 1. The van der Waals surface area contributed by atoms with Gasteiger partial charge in [0.05, 0.1) is 0 Å². The van der Waals surface area contributed by atoms with E-state index in [2.05, 4.69) is 27.8 Å². The summed E-state index contributed by atoms with van der Waals surface area (Å²) in [6, 6.07) is 3.39. The minimum atomic E-state index is -1.01. The van der Waals surface area contributed by atoms with Crippen molar-refractivity contribution in [2.24, 2.45) is 0 Å². The van der Waals surface area contributed by atoms with Gasteiger partial charge in [0, 0.05) is 38.3 Å². The van der Waals surface area contributed by atoms with Crippen molar-refractivity contribution in [2.45, 2.75) is 70.8 Å². The summed E-state index contributed by atoms with van der Waals surface area (Å²) in [5, 5.41) is 15.1. The summed E-state index contributed by atoms with van der Waals surface area (Å²) < 4.78 is 5.56. The number of carbonyl (C=O) groups excluding carboxylic acids is 1. The summed E-state index contributed by atoms with van der Waals surface area (Å²) in [6.45, 7) is 3.90. The van der Waals surface area contributed by atoms with E-state index in [-0.39, 0.29) is 12.3 Å². The van der Waals surface area contributed by atoms with Crippen molar-refractivity contribution >= 4 is 17.7 Å². The first-order valence-electron chi connectivity index (χ1n) is 10.4. The summed E-state index contributed by atoms with van der Waals surface area (Å²) in [7, 11) is 0. The van der Waals surface area contributed by atoms with E-state index in [1.54, 1.807) is 0 Å². The van der Waals surface area contributed by atoms with Gasteiger partial charge in [0.1, 0.15) is 11.9 Å². The molecule has 1 aliphatic rings. The average Bonchev–Trinajstić information content (AvgIpc) is 2.70. The third kappa shape index (κ3) is 7.84. The van der Waals surface area contributed by atoms with Crippen molar-refractivity contribution in [3.8, 4) is 0 Å². The van der Waals surface area contributed by atoms with Gasteiger partial charge in [0.2, 0.25) is 5.91 Å². The van der Waals surface area contributed by atoms with Gasteiger partial charge in [-0.05, 0) is 50.2 Å². The second-order valence-electron chi connectivity index (χ2n) is 7.26. The van der Waals surface area contributed by atoms with Crippen LogP contribution in [0.1, 0.15) is 63.1 Å². The fourth-order valence-corrected chi connectivity index (χ4v) is 3.18. The van der Waals surface area contributed by atoms with E-state index >= 15 is 0 Å². The van der Waals surface area contributed by atoms with E-state index < -0.39 is 12.0 Å². The molecule has 1 aliphatic heterocycles. The minimum absolute atomic E-state index is 0.207. The lowest BCUT2D eigenvalue weighted by molar-refractivity contribution is -0.142. The lowest BCUT2D eigenvalue weighted by atomic mass is 10.1. The zero-order chi connectivity index (χ0) is 20.2. The lowest BCUT2D eigenvalue weighted by Crippen LogP contribution is -2.41. The molecule has 1 amide bonds.